The van der Waals surface area contributed by atoms with Crippen LogP contribution in [0.25, 0.3) is 0 Å². The quantitative estimate of drug-likeness (QED) is 0.692. The van der Waals surface area contributed by atoms with Crippen LogP contribution in [0, 0.1) is 0 Å². The van der Waals surface area contributed by atoms with Crippen molar-refractivity contribution in [3.8, 4) is 11.5 Å². The number of benzene rings is 2. The van der Waals surface area contributed by atoms with Gasteiger partial charge in [0.1, 0.15) is 11.5 Å². The lowest BCUT2D eigenvalue weighted by Gasteiger charge is -2.14. The maximum absolute atomic E-state index is 12.6. The van der Waals surface area contributed by atoms with Crippen molar-refractivity contribution < 1.29 is 27.8 Å². The number of hydrogen-bond donors (Lipinski definition) is 2. The van der Waals surface area contributed by atoms with Crippen molar-refractivity contribution in [2.75, 3.05) is 17.9 Å². The van der Waals surface area contributed by atoms with E-state index in [1.807, 2.05) is 13.8 Å². The van der Waals surface area contributed by atoms with Crippen LogP contribution in [0.3, 0.4) is 0 Å². The Bertz CT molecular complexity index is 862. The summed E-state index contributed by atoms with van der Waals surface area (Å²) in [4.78, 5) is 11.2. The summed E-state index contributed by atoms with van der Waals surface area (Å²) >= 11 is 0. The molecule has 2 aromatic carbocycles. The molecule has 0 radical (unpaired) electrons. The molecule has 0 atom stereocenters. The zero-order valence-corrected chi connectivity index (χ0v) is 15.4. The Labute approximate surface area is 152 Å². The molecule has 0 amide bonds. The summed E-state index contributed by atoms with van der Waals surface area (Å²) in [7, 11) is -3.91. The molecule has 140 valence electrons. The largest absolute Gasteiger partial charge is 0.494 e. The van der Waals surface area contributed by atoms with E-state index in [4.69, 9.17) is 14.6 Å². The molecule has 0 saturated carbocycles. The fraction of sp³-hybridized carbons (Fsp3) is 0.278. The summed E-state index contributed by atoms with van der Waals surface area (Å²) in [6, 6.07) is 9.99. The van der Waals surface area contributed by atoms with Gasteiger partial charge in [-0.05, 0) is 55.8 Å². The Balaban J connectivity index is 2.34. The number of carbonyl (C=O) groups is 1. The van der Waals surface area contributed by atoms with Crippen LogP contribution in [-0.2, 0) is 10.0 Å². The third-order valence-electron chi connectivity index (χ3n) is 3.38. The first-order valence-electron chi connectivity index (χ1n) is 8.13. The number of carboxylic acids is 1. The van der Waals surface area contributed by atoms with Crippen molar-refractivity contribution in [2.24, 2.45) is 0 Å². The number of carboxylic acid groups (broad SMARTS) is 1. The van der Waals surface area contributed by atoms with Gasteiger partial charge in [0.05, 0.1) is 29.4 Å². The molecule has 0 unspecified atom stereocenters. The van der Waals surface area contributed by atoms with E-state index in [0.29, 0.717) is 19.0 Å². The van der Waals surface area contributed by atoms with E-state index in [-0.39, 0.29) is 21.9 Å². The monoisotopic (exact) mass is 379 g/mol. The summed E-state index contributed by atoms with van der Waals surface area (Å²) in [6.07, 6.45) is 0.728. The van der Waals surface area contributed by atoms with Crippen LogP contribution in [0.1, 0.15) is 30.6 Å². The lowest BCUT2D eigenvalue weighted by atomic mass is 10.2. The number of nitrogens with one attached hydrogen (secondary N) is 1. The highest BCUT2D eigenvalue weighted by atomic mass is 32.2. The van der Waals surface area contributed by atoms with E-state index in [9.17, 15) is 13.2 Å². The number of sulfonamides is 1. The van der Waals surface area contributed by atoms with Crippen molar-refractivity contribution in [2.45, 2.75) is 25.2 Å². The topological polar surface area (TPSA) is 102 Å². The first kappa shape index (κ1) is 19.6. The van der Waals surface area contributed by atoms with Crippen molar-refractivity contribution >= 4 is 21.7 Å². The van der Waals surface area contributed by atoms with E-state index in [2.05, 4.69) is 4.72 Å². The van der Waals surface area contributed by atoms with E-state index >= 15 is 0 Å². The van der Waals surface area contributed by atoms with Gasteiger partial charge >= 0.3 is 5.97 Å². The maximum Gasteiger partial charge on any atom is 0.335 e. The molecule has 2 rings (SSSR count). The average Bonchev–Trinajstić information content (AvgIpc) is 2.61. The molecule has 0 aliphatic rings. The minimum atomic E-state index is -3.91. The molecule has 26 heavy (non-hydrogen) atoms. The lowest BCUT2D eigenvalue weighted by molar-refractivity contribution is 0.0697. The highest BCUT2D eigenvalue weighted by molar-refractivity contribution is 7.92. The zero-order valence-electron chi connectivity index (χ0n) is 14.6. The highest BCUT2D eigenvalue weighted by Gasteiger charge is 2.18. The number of hydrogen-bond acceptors (Lipinski definition) is 5. The van der Waals surface area contributed by atoms with Gasteiger partial charge in [0.2, 0.25) is 0 Å². The number of rotatable bonds is 9. The van der Waals surface area contributed by atoms with Gasteiger partial charge in [-0.3, -0.25) is 4.72 Å². The molecule has 0 aliphatic heterocycles. The van der Waals surface area contributed by atoms with Crippen LogP contribution in [0.5, 0.6) is 11.5 Å². The normalized spacial score (nSPS) is 11.0. The Morgan fingerprint density at radius 2 is 1.77 bits per heavy atom. The summed E-state index contributed by atoms with van der Waals surface area (Å²) in [5.41, 5.74) is 0.0328. The molecule has 0 aliphatic carbocycles. The molecule has 0 bridgehead atoms. The van der Waals surface area contributed by atoms with Crippen molar-refractivity contribution in [3.63, 3.8) is 0 Å². The SMILES string of the molecule is CCCOc1ccc(C(=O)O)cc1NS(=O)(=O)c1ccc(OCC)cc1. The highest BCUT2D eigenvalue weighted by Crippen LogP contribution is 2.29. The predicted molar refractivity (Wildman–Crippen MR) is 97.6 cm³/mol. The van der Waals surface area contributed by atoms with E-state index in [1.165, 1.54) is 30.3 Å². The van der Waals surface area contributed by atoms with Crippen LogP contribution in [0.15, 0.2) is 47.4 Å². The predicted octanol–water partition coefficient (Wildman–Crippen LogP) is 3.37. The van der Waals surface area contributed by atoms with Gasteiger partial charge in [0.15, 0.2) is 0 Å². The molecule has 7 nitrogen and oxygen atoms in total. The molecular formula is C18H21NO6S. The van der Waals surface area contributed by atoms with Crippen LogP contribution in [0.2, 0.25) is 0 Å². The van der Waals surface area contributed by atoms with Crippen LogP contribution < -0.4 is 14.2 Å². The smallest absolute Gasteiger partial charge is 0.335 e. The second kappa shape index (κ2) is 8.57. The Hall–Kier alpha value is -2.74. The van der Waals surface area contributed by atoms with Gasteiger partial charge in [-0.2, -0.15) is 0 Å². The molecule has 2 N–H and O–H groups in total. The zero-order chi connectivity index (χ0) is 19.2. The van der Waals surface area contributed by atoms with Gasteiger partial charge in [-0.1, -0.05) is 6.92 Å². The second-order valence-corrected chi connectivity index (χ2v) is 7.06. The summed E-state index contributed by atoms with van der Waals surface area (Å²) in [6.45, 7) is 4.60. The van der Waals surface area contributed by atoms with Crippen LogP contribution >= 0.6 is 0 Å². The van der Waals surface area contributed by atoms with Gasteiger partial charge in [-0.25, -0.2) is 13.2 Å². The summed E-state index contributed by atoms with van der Waals surface area (Å²) in [5, 5.41) is 9.14. The first-order chi connectivity index (χ1) is 12.4. The summed E-state index contributed by atoms with van der Waals surface area (Å²) < 4.78 is 38.5. The van der Waals surface area contributed by atoms with Gasteiger partial charge in [-0.15, -0.1) is 0 Å². The fourth-order valence-electron chi connectivity index (χ4n) is 2.17. The van der Waals surface area contributed by atoms with Crippen LogP contribution in [0.4, 0.5) is 5.69 Å². The molecule has 0 spiro atoms. The minimum absolute atomic E-state index is 0.0307. The van der Waals surface area contributed by atoms with Gasteiger partial charge < -0.3 is 14.6 Å². The lowest BCUT2D eigenvalue weighted by Crippen LogP contribution is -2.14. The molecule has 0 fully saturated rings. The number of aromatic carboxylic acids is 1. The molecule has 0 heterocycles. The fourth-order valence-corrected chi connectivity index (χ4v) is 3.23. The van der Waals surface area contributed by atoms with E-state index in [1.54, 1.807) is 12.1 Å². The Morgan fingerprint density at radius 3 is 2.35 bits per heavy atom. The molecule has 0 aromatic heterocycles. The van der Waals surface area contributed by atoms with E-state index in [0.717, 1.165) is 6.42 Å². The minimum Gasteiger partial charge on any atom is -0.494 e. The Kier molecular flexibility index (Phi) is 6.46. The molecular weight excluding hydrogens is 358 g/mol. The standard InChI is InChI=1S/C18H21NO6S/c1-3-11-25-17-10-5-13(18(20)21)12-16(17)19-26(22,23)15-8-6-14(7-9-15)24-4-2/h5-10,12,19H,3-4,11H2,1-2H3,(H,20,21). The van der Waals surface area contributed by atoms with E-state index < -0.39 is 16.0 Å². The second-order valence-electron chi connectivity index (χ2n) is 5.37. The van der Waals surface area contributed by atoms with Crippen molar-refractivity contribution in [1.29, 1.82) is 0 Å². The third kappa shape index (κ3) is 4.89. The first-order valence-corrected chi connectivity index (χ1v) is 9.61. The van der Waals surface area contributed by atoms with Gasteiger partial charge in [0, 0.05) is 0 Å². The van der Waals surface area contributed by atoms with Gasteiger partial charge in [0.25, 0.3) is 10.0 Å². The van der Waals surface area contributed by atoms with Crippen molar-refractivity contribution in [1.82, 2.24) is 0 Å². The molecule has 2 aromatic rings. The van der Waals surface area contributed by atoms with Crippen molar-refractivity contribution in [3.05, 3.63) is 48.0 Å². The molecule has 0 saturated heterocycles. The number of anilines is 1. The Morgan fingerprint density at radius 1 is 1.08 bits per heavy atom. The summed E-state index contributed by atoms with van der Waals surface area (Å²) in [5.74, 6) is -0.328. The molecule has 8 heteroatoms. The van der Waals surface area contributed by atoms with Crippen LogP contribution in [-0.4, -0.2) is 32.7 Å². The number of ether oxygens (including phenoxy) is 2. The third-order valence-corrected chi connectivity index (χ3v) is 4.76. The maximum atomic E-state index is 12.6. The average molecular weight is 379 g/mol.